The minimum atomic E-state index is -0.369. The highest BCUT2D eigenvalue weighted by atomic mass is 32.2. The number of pyridine rings is 1. The van der Waals surface area contributed by atoms with Crippen molar-refractivity contribution in [3.05, 3.63) is 120 Å². The van der Waals surface area contributed by atoms with Crippen LogP contribution in [0.25, 0.3) is 16.9 Å². The van der Waals surface area contributed by atoms with E-state index in [0.717, 1.165) is 33.5 Å². The molecule has 0 aliphatic carbocycles. The molecule has 1 N–H and O–H groups in total. The van der Waals surface area contributed by atoms with Crippen LogP contribution in [0, 0.1) is 6.92 Å². The van der Waals surface area contributed by atoms with Crippen LogP contribution in [0.15, 0.2) is 97.3 Å². The van der Waals surface area contributed by atoms with Crippen LogP contribution in [0.2, 0.25) is 0 Å². The number of hydrogen-bond donors (Lipinski definition) is 1. The van der Waals surface area contributed by atoms with E-state index in [9.17, 15) is 9.59 Å². The number of benzene rings is 3. The molecule has 0 saturated carbocycles. The summed E-state index contributed by atoms with van der Waals surface area (Å²) in [5.74, 6) is 1.52. The highest BCUT2D eigenvalue weighted by Gasteiger charge is 2.38. The highest BCUT2D eigenvalue weighted by Crippen LogP contribution is 2.51. The number of fused-ring (bicyclic) bond motifs is 1. The molecule has 5 aromatic rings. The number of ether oxygens (including phenoxy) is 2. The molecule has 0 saturated heterocycles. The average Bonchev–Trinajstić information content (AvgIpc) is 3.41. The number of amides is 2. The van der Waals surface area contributed by atoms with Crippen molar-refractivity contribution >= 4 is 29.4 Å². The van der Waals surface area contributed by atoms with Crippen molar-refractivity contribution in [2.75, 3.05) is 31.4 Å². The first-order chi connectivity index (χ1) is 22.0. The van der Waals surface area contributed by atoms with Gasteiger partial charge in [-0.3, -0.25) is 19.5 Å². The molecule has 0 radical (unpaired) electrons. The van der Waals surface area contributed by atoms with Crippen LogP contribution in [-0.4, -0.2) is 53.1 Å². The Hall–Kier alpha value is -5.09. The molecule has 228 valence electrons. The van der Waals surface area contributed by atoms with E-state index in [1.807, 2.05) is 91.9 Å². The Bertz CT molecular complexity index is 1810. The second kappa shape index (κ2) is 13.3. The van der Waals surface area contributed by atoms with Gasteiger partial charge in [-0.2, -0.15) is 5.10 Å². The van der Waals surface area contributed by atoms with Crippen molar-refractivity contribution in [3.8, 4) is 28.4 Å². The van der Waals surface area contributed by atoms with Crippen LogP contribution >= 0.6 is 11.8 Å². The zero-order valence-corrected chi connectivity index (χ0v) is 26.1. The summed E-state index contributed by atoms with van der Waals surface area (Å²) in [5.41, 5.74) is 5.99. The summed E-state index contributed by atoms with van der Waals surface area (Å²) >= 11 is 1.48. The second-order valence-corrected chi connectivity index (χ2v) is 11.7. The molecule has 3 aromatic carbocycles. The van der Waals surface area contributed by atoms with Gasteiger partial charge in [0.1, 0.15) is 23.9 Å². The number of nitrogens with zero attached hydrogens (tertiary/aromatic N) is 4. The Labute approximate surface area is 266 Å². The fourth-order valence-corrected chi connectivity index (χ4v) is 6.60. The smallest absolute Gasteiger partial charge is 0.240 e. The van der Waals surface area contributed by atoms with E-state index in [-0.39, 0.29) is 29.4 Å². The number of carbonyl (C=O) groups is 2. The van der Waals surface area contributed by atoms with Gasteiger partial charge in [0.15, 0.2) is 0 Å². The Morgan fingerprint density at radius 2 is 1.80 bits per heavy atom. The summed E-state index contributed by atoms with van der Waals surface area (Å²) in [6.07, 6.45) is 3.39. The van der Waals surface area contributed by atoms with Gasteiger partial charge in [0.25, 0.3) is 0 Å². The number of hydrogen-bond acceptors (Lipinski definition) is 7. The van der Waals surface area contributed by atoms with Crippen molar-refractivity contribution in [2.24, 2.45) is 0 Å². The number of anilines is 1. The first-order valence-corrected chi connectivity index (χ1v) is 15.6. The lowest BCUT2D eigenvalue weighted by Crippen LogP contribution is -2.42. The van der Waals surface area contributed by atoms with Gasteiger partial charge in [0.2, 0.25) is 11.8 Å². The molecular weight excluding hydrogens is 586 g/mol. The van der Waals surface area contributed by atoms with Gasteiger partial charge >= 0.3 is 0 Å². The SMILES string of the molecule is COc1ccc(OC)c(C2SCC(=O)N(CC(=O)NCc3cccnc3)c3c2c(-c2ccccc2)nn3-c2ccc(C)cc2)c1. The van der Waals surface area contributed by atoms with Crippen molar-refractivity contribution in [2.45, 2.75) is 18.7 Å². The van der Waals surface area contributed by atoms with Gasteiger partial charge in [-0.15, -0.1) is 11.8 Å². The Morgan fingerprint density at radius 3 is 2.51 bits per heavy atom. The zero-order valence-electron chi connectivity index (χ0n) is 25.3. The van der Waals surface area contributed by atoms with Crippen LogP contribution < -0.4 is 19.7 Å². The van der Waals surface area contributed by atoms with E-state index in [4.69, 9.17) is 14.6 Å². The van der Waals surface area contributed by atoms with E-state index in [2.05, 4.69) is 10.3 Å². The summed E-state index contributed by atoms with van der Waals surface area (Å²) in [4.78, 5) is 33.2. The predicted octanol–water partition coefficient (Wildman–Crippen LogP) is 5.75. The minimum absolute atomic E-state index is 0.137. The number of aryl methyl sites for hydroxylation is 1. The fraction of sp³-hybridized carbons (Fsp3) is 0.200. The standard InChI is InChI=1S/C35H33N5O4S/c1-23-11-13-26(14-12-23)40-35-32(33(38-40)25-9-5-4-6-10-25)34(28-18-27(43-2)15-16-29(28)44-3)45-22-31(42)39(35)21-30(41)37-20-24-8-7-17-36-19-24/h4-19,34H,20-22H2,1-3H3,(H,37,41). The normalized spacial score (nSPS) is 14.4. The van der Waals surface area contributed by atoms with E-state index < -0.39 is 0 Å². The summed E-state index contributed by atoms with van der Waals surface area (Å²) in [6.45, 7) is 2.14. The quantitative estimate of drug-likeness (QED) is 0.225. The fourth-order valence-electron chi connectivity index (χ4n) is 5.39. The molecule has 0 fully saturated rings. The lowest BCUT2D eigenvalue weighted by Gasteiger charge is -2.24. The van der Waals surface area contributed by atoms with Crippen LogP contribution in [0.5, 0.6) is 11.5 Å². The monoisotopic (exact) mass is 619 g/mol. The third-order valence-corrected chi connectivity index (χ3v) is 8.88. The van der Waals surface area contributed by atoms with E-state index in [1.54, 1.807) is 36.2 Å². The van der Waals surface area contributed by atoms with Crippen LogP contribution in [-0.2, 0) is 16.1 Å². The second-order valence-electron chi connectivity index (χ2n) is 10.6. The van der Waals surface area contributed by atoms with Gasteiger partial charge in [0, 0.05) is 35.6 Å². The number of rotatable bonds is 9. The minimum Gasteiger partial charge on any atom is -0.497 e. The summed E-state index contributed by atoms with van der Waals surface area (Å²) < 4.78 is 13.2. The van der Waals surface area contributed by atoms with Gasteiger partial charge in [-0.25, -0.2) is 4.68 Å². The van der Waals surface area contributed by atoms with E-state index >= 15 is 0 Å². The number of thioether (sulfide) groups is 1. The van der Waals surface area contributed by atoms with Crippen molar-refractivity contribution in [1.82, 2.24) is 20.1 Å². The van der Waals surface area contributed by atoms with Crippen LogP contribution in [0.1, 0.15) is 27.5 Å². The molecule has 1 atom stereocenters. The molecule has 1 aliphatic rings. The van der Waals surface area contributed by atoms with Gasteiger partial charge < -0.3 is 14.8 Å². The molecule has 0 bridgehead atoms. The molecule has 1 aliphatic heterocycles. The summed E-state index contributed by atoms with van der Waals surface area (Å²) in [5, 5.41) is 7.75. The Morgan fingerprint density at radius 1 is 1.00 bits per heavy atom. The third kappa shape index (κ3) is 6.28. The Balaban J connectivity index is 1.55. The van der Waals surface area contributed by atoms with Crippen molar-refractivity contribution < 1.29 is 19.1 Å². The van der Waals surface area contributed by atoms with Crippen LogP contribution in [0.4, 0.5) is 5.82 Å². The number of methoxy groups -OCH3 is 2. The van der Waals surface area contributed by atoms with Gasteiger partial charge in [0.05, 0.1) is 36.6 Å². The lowest BCUT2D eigenvalue weighted by molar-refractivity contribution is -0.123. The highest BCUT2D eigenvalue weighted by molar-refractivity contribution is 8.00. The molecule has 45 heavy (non-hydrogen) atoms. The maximum atomic E-state index is 14.0. The maximum Gasteiger partial charge on any atom is 0.240 e. The molecule has 1 unspecified atom stereocenters. The molecule has 0 spiro atoms. The number of carbonyl (C=O) groups excluding carboxylic acids is 2. The van der Waals surface area contributed by atoms with Crippen molar-refractivity contribution in [1.29, 1.82) is 0 Å². The molecular formula is C35H33N5O4S. The lowest BCUT2D eigenvalue weighted by atomic mass is 9.98. The topological polar surface area (TPSA) is 98.6 Å². The maximum absolute atomic E-state index is 14.0. The average molecular weight is 620 g/mol. The molecule has 2 amide bonds. The Kier molecular flexibility index (Phi) is 8.84. The molecule has 10 heteroatoms. The molecule has 2 aromatic heterocycles. The largest absolute Gasteiger partial charge is 0.497 e. The summed E-state index contributed by atoms with van der Waals surface area (Å²) in [6, 6.07) is 27.2. The number of nitrogens with one attached hydrogen (secondary N) is 1. The molecule has 6 rings (SSSR count). The number of aromatic nitrogens is 3. The van der Waals surface area contributed by atoms with E-state index in [1.165, 1.54) is 11.8 Å². The molecule has 9 nitrogen and oxygen atoms in total. The third-order valence-electron chi connectivity index (χ3n) is 7.65. The predicted molar refractivity (Wildman–Crippen MR) is 176 cm³/mol. The van der Waals surface area contributed by atoms with Gasteiger partial charge in [-0.1, -0.05) is 54.1 Å². The van der Waals surface area contributed by atoms with Gasteiger partial charge in [-0.05, 0) is 48.9 Å². The zero-order chi connectivity index (χ0) is 31.3. The molecule has 3 heterocycles. The van der Waals surface area contributed by atoms with E-state index in [0.29, 0.717) is 29.6 Å². The van der Waals surface area contributed by atoms with Crippen molar-refractivity contribution in [3.63, 3.8) is 0 Å². The summed E-state index contributed by atoms with van der Waals surface area (Å²) in [7, 11) is 3.25. The first-order valence-electron chi connectivity index (χ1n) is 14.5. The van der Waals surface area contributed by atoms with Crippen LogP contribution in [0.3, 0.4) is 0 Å². The first kappa shape index (κ1) is 30.0.